The number of hydrogen-bond donors (Lipinski definition) is 0. The van der Waals surface area contributed by atoms with E-state index in [9.17, 15) is 4.79 Å². The smallest absolute Gasteiger partial charge is 0.269 e. The number of carbonyl (C=O) groups is 1. The van der Waals surface area contributed by atoms with Gasteiger partial charge in [0.15, 0.2) is 5.17 Å². The van der Waals surface area contributed by atoms with Gasteiger partial charge in [0.05, 0.1) is 23.5 Å². The van der Waals surface area contributed by atoms with Crippen LogP contribution in [0, 0.1) is 0 Å². The van der Waals surface area contributed by atoms with E-state index >= 15 is 0 Å². The molecule has 172 valence electrons. The maximum absolute atomic E-state index is 13.4. The first-order chi connectivity index (χ1) is 16.0. The molecular formula is C25H28N4O2S2. The average Bonchev–Trinajstić information content (AvgIpc) is 3.32. The molecule has 2 aromatic carbocycles. The molecule has 0 bridgehead atoms. The van der Waals surface area contributed by atoms with E-state index in [4.69, 9.17) is 9.73 Å². The first-order valence-electron chi connectivity index (χ1n) is 10.9. The van der Waals surface area contributed by atoms with Crippen molar-refractivity contribution in [2.75, 3.05) is 43.6 Å². The minimum absolute atomic E-state index is 0.0486. The van der Waals surface area contributed by atoms with Gasteiger partial charge in [-0.2, -0.15) is 0 Å². The molecule has 0 saturated carbocycles. The molecule has 0 spiro atoms. The van der Waals surface area contributed by atoms with Crippen LogP contribution in [-0.4, -0.2) is 49.8 Å². The normalized spacial score (nSPS) is 18.8. The molecule has 1 amide bonds. The van der Waals surface area contributed by atoms with Crippen molar-refractivity contribution in [3.8, 4) is 5.75 Å². The van der Waals surface area contributed by atoms with E-state index in [0.717, 1.165) is 40.1 Å². The van der Waals surface area contributed by atoms with Crippen molar-refractivity contribution in [1.82, 2.24) is 4.90 Å². The predicted octanol–water partition coefficient (Wildman–Crippen LogP) is 5.70. The van der Waals surface area contributed by atoms with Crippen molar-refractivity contribution in [3.05, 3.63) is 65.1 Å². The van der Waals surface area contributed by atoms with E-state index in [-0.39, 0.29) is 5.91 Å². The van der Waals surface area contributed by atoms with Gasteiger partial charge in [0.2, 0.25) is 0 Å². The lowest BCUT2D eigenvalue weighted by atomic mass is 10.2. The second-order valence-corrected chi connectivity index (χ2v) is 9.53. The summed E-state index contributed by atoms with van der Waals surface area (Å²) >= 11 is 3.02. The maximum atomic E-state index is 13.4. The highest BCUT2D eigenvalue weighted by Gasteiger charge is 2.38. The van der Waals surface area contributed by atoms with Crippen molar-refractivity contribution < 1.29 is 9.53 Å². The fraction of sp³-hybridized carbons (Fsp3) is 0.280. The van der Waals surface area contributed by atoms with Crippen molar-refractivity contribution in [1.29, 1.82) is 0 Å². The Morgan fingerprint density at radius 1 is 1.12 bits per heavy atom. The standard InChI is InChI=1S/C25H28N4O2S2/c1-6-15-29-23(30)22(24-27(4)20-16-19(31-5)13-14-21(20)32-24)33-25(29)26-17-9-11-18(12-10-17)28(7-2)8-3/h6,9-14,16H,1,7-8,15H2,2-5H3/b24-22-,26-25?. The summed E-state index contributed by atoms with van der Waals surface area (Å²) in [6.45, 7) is 10.4. The van der Waals surface area contributed by atoms with E-state index in [1.807, 2.05) is 37.4 Å². The summed E-state index contributed by atoms with van der Waals surface area (Å²) in [4.78, 5) is 26.0. The van der Waals surface area contributed by atoms with Crippen LogP contribution in [-0.2, 0) is 4.79 Å². The molecule has 33 heavy (non-hydrogen) atoms. The van der Waals surface area contributed by atoms with Gasteiger partial charge in [-0.05, 0) is 62.0 Å². The van der Waals surface area contributed by atoms with E-state index in [0.29, 0.717) is 16.6 Å². The van der Waals surface area contributed by atoms with Gasteiger partial charge in [0, 0.05) is 43.3 Å². The number of nitrogens with zero attached hydrogens (tertiary/aromatic N) is 4. The van der Waals surface area contributed by atoms with Crippen molar-refractivity contribution >= 4 is 51.7 Å². The van der Waals surface area contributed by atoms with Gasteiger partial charge in [-0.3, -0.25) is 9.69 Å². The molecule has 8 heteroatoms. The molecular weight excluding hydrogens is 452 g/mol. The number of methoxy groups -OCH3 is 1. The number of amidine groups is 1. The van der Waals surface area contributed by atoms with Crippen LogP contribution < -0.4 is 14.5 Å². The Morgan fingerprint density at radius 2 is 1.85 bits per heavy atom. The maximum Gasteiger partial charge on any atom is 0.269 e. The Hall–Kier alpha value is -2.84. The third-order valence-corrected chi connectivity index (χ3v) is 8.04. The third-order valence-electron chi connectivity index (χ3n) is 5.61. The Morgan fingerprint density at radius 3 is 2.48 bits per heavy atom. The van der Waals surface area contributed by atoms with Gasteiger partial charge in [-0.25, -0.2) is 4.99 Å². The summed E-state index contributed by atoms with van der Waals surface area (Å²) < 4.78 is 5.37. The SMILES string of the molecule is C=CCN1C(=O)/C(=C2/Sc3ccc(OC)cc3N2C)SC1=Nc1ccc(N(CC)CC)cc1. The van der Waals surface area contributed by atoms with Crippen molar-refractivity contribution in [2.24, 2.45) is 4.99 Å². The number of amides is 1. The summed E-state index contributed by atoms with van der Waals surface area (Å²) in [5.41, 5.74) is 3.02. The first kappa shape index (κ1) is 23.3. The van der Waals surface area contributed by atoms with Gasteiger partial charge >= 0.3 is 0 Å². The van der Waals surface area contributed by atoms with Crippen LogP contribution in [0.1, 0.15) is 13.8 Å². The molecule has 0 aliphatic carbocycles. The number of anilines is 2. The number of thioether (sulfide) groups is 2. The zero-order valence-corrected chi connectivity index (χ0v) is 21.0. The molecule has 2 aromatic rings. The number of aliphatic imine (C=N–C) groups is 1. The molecule has 6 nitrogen and oxygen atoms in total. The topological polar surface area (TPSA) is 48.4 Å². The lowest BCUT2D eigenvalue weighted by Gasteiger charge is -2.20. The number of fused-ring (bicyclic) bond motifs is 1. The van der Waals surface area contributed by atoms with E-state index in [1.165, 1.54) is 17.4 Å². The van der Waals surface area contributed by atoms with E-state index < -0.39 is 0 Å². The van der Waals surface area contributed by atoms with Crippen LogP contribution in [0.3, 0.4) is 0 Å². The van der Waals surface area contributed by atoms with E-state index in [1.54, 1.807) is 29.8 Å². The van der Waals surface area contributed by atoms with Gasteiger partial charge in [-0.15, -0.1) is 6.58 Å². The summed E-state index contributed by atoms with van der Waals surface area (Å²) in [7, 11) is 3.64. The lowest BCUT2D eigenvalue weighted by molar-refractivity contribution is -0.121. The van der Waals surface area contributed by atoms with Crippen molar-refractivity contribution in [2.45, 2.75) is 18.7 Å². The zero-order chi connectivity index (χ0) is 23.5. The minimum atomic E-state index is -0.0486. The van der Waals surface area contributed by atoms with Crippen LogP contribution in [0.2, 0.25) is 0 Å². The summed E-state index contributed by atoms with van der Waals surface area (Å²) in [5, 5.41) is 1.57. The van der Waals surface area contributed by atoms with Gasteiger partial charge in [-0.1, -0.05) is 17.8 Å². The zero-order valence-electron chi connectivity index (χ0n) is 19.4. The highest BCUT2D eigenvalue weighted by Crippen LogP contribution is 2.51. The number of rotatable bonds is 7. The molecule has 2 aliphatic heterocycles. The molecule has 1 saturated heterocycles. The highest BCUT2D eigenvalue weighted by atomic mass is 32.2. The summed E-state index contributed by atoms with van der Waals surface area (Å²) in [6.07, 6.45) is 1.73. The lowest BCUT2D eigenvalue weighted by Crippen LogP contribution is -2.29. The second-order valence-electron chi connectivity index (χ2n) is 7.52. The Bertz CT molecular complexity index is 1120. The molecule has 0 atom stereocenters. The third kappa shape index (κ3) is 4.50. The highest BCUT2D eigenvalue weighted by molar-refractivity contribution is 8.19. The van der Waals surface area contributed by atoms with Crippen molar-refractivity contribution in [3.63, 3.8) is 0 Å². The van der Waals surface area contributed by atoms with Crippen LogP contribution in [0.25, 0.3) is 0 Å². The molecule has 1 fully saturated rings. The fourth-order valence-corrected chi connectivity index (χ4v) is 6.13. The average molecular weight is 481 g/mol. The second kappa shape index (κ2) is 9.97. The number of benzene rings is 2. The van der Waals surface area contributed by atoms with Crippen LogP contribution in [0.15, 0.2) is 74.9 Å². The first-order valence-corrected chi connectivity index (χ1v) is 12.5. The van der Waals surface area contributed by atoms with Gasteiger partial charge in [0.1, 0.15) is 10.7 Å². The number of hydrogen-bond acceptors (Lipinski definition) is 7. The van der Waals surface area contributed by atoms with Crippen LogP contribution >= 0.6 is 23.5 Å². The molecule has 2 heterocycles. The molecule has 4 rings (SSSR count). The van der Waals surface area contributed by atoms with Gasteiger partial charge < -0.3 is 14.5 Å². The Labute approximate surface area is 204 Å². The van der Waals surface area contributed by atoms with Crippen LogP contribution in [0.4, 0.5) is 17.1 Å². The quantitative estimate of drug-likeness (QED) is 0.374. The predicted molar refractivity (Wildman–Crippen MR) is 141 cm³/mol. The molecule has 0 unspecified atom stereocenters. The van der Waals surface area contributed by atoms with E-state index in [2.05, 4.69) is 42.4 Å². The van der Waals surface area contributed by atoms with Gasteiger partial charge in [0.25, 0.3) is 5.91 Å². The molecule has 2 aliphatic rings. The number of ether oxygens (including phenoxy) is 1. The van der Waals surface area contributed by atoms with Crippen LogP contribution in [0.5, 0.6) is 5.75 Å². The number of carbonyl (C=O) groups excluding carboxylic acids is 1. The Balaban J connectivity index is 1.66. The summed E-state index contributed by atoms with van der Waals surface area (Å²) in [6, 6.07) is 14.1. The summed E-state index contributed by atoms with van der Waals surface area (Å²) in [5.74, 6) is 0.745. The largest absolute Gasteiger partial charge is 0.497 e. The fourth-order valence-electron chi connectivity index (χ4n) is 3.80. The Kier molecular flexibility index (Phi) is 7.05. The molecule has 0 N–H and O–H groups in total. The minimum Gasteiger partial charge on any atom is -0.497 e. The monoisotopic (exact) mass is 480 g/mol. The molecule has 0 aromatic heterocycles. The molecule has 0 radical (unpaired) electrons.